The van der Waals surface area contributed by atoms with E-state index in [1.54, 1.807) is 14.1 Å². The van der Waals surface area contributed by atoms with Crippen LogP contribution in [0.3, 0.4) is 0 Å². The van der Waals surface area contributed by atoms with Crippen LogP contribution in [-0.4, -0.2) is 36.1 Å². The number of rotatable bonds is 2. The molecule has 0 spiro atoms. The summed E-state index contributed by atoms with van der Waals surface area (Å²) in [5.41, 5.74) is -0.682. The third-order valence-electron chi connectivity index (χ3n) is 2.99. The second-order valence-electron chi connectivity index (χ2n) is 4.80. The van der Waals surface area contributed by atoms with Gasteiger partial charge < -0.3 is 10.2 Å². The van der Waals surface area contributed by atoms with Crippen LogP contribution < -0.4 is 5.32 Å². The monoisotopic (exact) mass is 318 g/mol. The van der Waals surface area contributed by atoms with Gasteiger partial charge in [0.15, 0.2) is 0 Å². The molecule has 1 aromatic carbocycles. The predicted molar refractivity (Wildman–Crippen MR) is 73.0 cm³/mol. The number of thioether (sulfide) groups is 1. The van der Waals surface area contributed by atoms with Crippen LogP contribution in [0.5, 0.6) is 0 Å². The highest BCUT2D eigenvalue weighted by atomic mass is 32.2. The Morgan fingerprint density at radius 2 is 2.05 bits per heavy atom. The first kappa shape index (κ1) is 15.7. The molecule has 0 saturated carbocycles. The molecule has 0 aromatic heterocycles. The van der Waals surface area contributed by atoms with Gasteiger partial charge in [-0.15, -0.1) is 11.8 Å². The average molecular weight is 318 g/mol. The molecule has 0 bridgehead atoms. The fourth-order valence-electron chi connectivity index (χ4n) is 1.80. The fraction of sp³-hybridized carbons (Fsp3) is 0.385. The summed E-state index contributed by atoms with van der Waals surface area (Å²) in [6.45, 7) is 0. The zero-order valence-electron chi connectivity index (χ0n) is 11.3. The highest BCUT2D eigenvalue weighted by Gasteiger charge is 2.34. The minimum Gasteiger partial charge on any atom is -0.349 e. The molecule has 1 heterocycles. The van der Waals surface area contributed by atoms with Gasteiger partial charge in [-0.25, -0.2) is 0 Å². The number of nitrogens with zero attached hydrogens (tertiary/aromatic N) is 1. The Morgan fingerprint density at radius 3 is 2.62 bits per heavy atom. The number of carbonyl (C=O) groups excluding carboxylic acids is 2. The SMILES string of the molecule is CN(C)C(=O)CC1Sc2ccc(C(F)(F)F)cc2NC1=O. The van der Waals surface area contributed by atoms with Gasteiger partial charge in [-0.2, -0.15) is 13.2 Å². The first-order valence-corrected chi connectivity index (χ1v) is 6.95. The van der Waals surface area contributed by atoms with Crippen molar-refractivity contribution in [1.82, 2.24) is 4.90 Å². The molecular weight excluding hydrogens is 305 g/mol. The molecule has 8 heteroatoms. The highest BCUT2D eigenvalue weighted by molar-refractivity contribution is 8.01. The standard InChI is InChI=1S/C13H13F3N2O2S/c1-18(2)11(19)6-10-12(20)17-8-5-7(13(14,15)16)3-4-9(8)21-10/h3-5,10H,6H2,1-2H3,(H,17,20). The quantitative estimate of drug-likeness (QED) is 0.912. The van der Waals surface area contributed by atoms with E-state index in [9.17, 15) is 22.8 Å². The molecule has 0 aliphatic carbocycles. The number of hydrogen-bond acceptors (Lipinski definition) is 3. The number of benzene rings is 1. The van der Waals surface area contributed by atoms with Crippen LogP contribution in [-0.2, 0) is 15.8 Å². The van der Waals surface area contributed by atoms with Crippen LogP contribution in [0.1, 0.15) is 12.0 Å². The Balaban J connectivity index is 2.21. The summed E-state index contributed by atoms with van der Waals surface area (Å²) >= 11 is 1.10. The van der Waals surface area contributed by atoms with Gasteiger partial charge in [-0.05, 0) is 18.2 Å². The molecule has 1 atom stereocenters. The van der Waals surface area contributed by atoms with Gasteiger partial charge in [0.1, 0.15) is 0 Å². The Hall–Kier alpha value is -1.70. The number of fused-ring (bicyclic) bond motifs is 1. The highest BCUT2D eigenvalue weighted by Crippen LogP contribution is 2.40. The number of nitrogens with one attached hydrogen (secondary N) is 1. The maximum atomic E-state index is 12.6. The zero-order valence-corrected chi connectivity index (χ0v) is 12.1. The first-order chi connectivity index (χ1) is 9.68. The maximum Gasteiger partial charge on any atom is 0.416 e. The Bertz CT molecular complexity index is 587. The van der Waals surface area contributed by atoms with Gasteiger partial charge in [-0.1, -0.05) is 0 Å². The fourth-order valence-corrected chi connectivity index (χ4v) is 2.88. The van der Waals surface area contributed by atoms with E-state index in [4.69, 9.17) is 0 Å². The van der Waals surface area contributed by atoms with E-state index in [1.807, 2.05) is 0 Å². The van der Waals surface area contributed by atoms with E-state index < -0.39 is 22.9 Å². The minimum atomic E-state index is -4.46. The lowest BCUT2D eigenvalue weighted by Gasteiger charge is -2.25. The lowest BCUT2D eigenvalue weighted by atomic mass is 10.1. The summed E-state index contributed by atoms with van der Waals surface area (Å²) in [5.74, 6) is -0.667. The topological polar surface area (TPSA) is 49.4 Å². The van der Waals surface area contributed by atoms with E-state index in [0.717, 1.165) is 23.9 Å². The summed E-state index contributed by atoms with van der Waals surface area (Å²) in [6, 6.07) is 3.19. The van der Waals surface area contributed by atoms with E-state index in [0.29, 0.717) is 4.90 Å². The van der Waals surface area contributed by atoms with Crippen LogP contribution >= 0.6 is 11.8 Å². The molecule has 114 valence electrons. The van der Waals surface area contributed by atoms with Crippen LogP contribution in [0.15, 0.2) is 23.1 Å². The van der Waals surface area contributed by atoms with Crippen LogP contribution in [0.2, 0.25) is 0 Å². The summed E-state index contributed by atoms with van der Waals surface area (Å²) in [7, 11) is 3.16. The second-order valence-corrected chi connectivity index (χ2v) is 6.04. The normalized spacial score (nSPS) is 18.0. The van der Waals surface area contributed by atoms with Crippen molar-refractivity contribution in [2.45, 2.75) is 22.7 Å². The van der Waals surface area contributed by atoms with Crippen molar-refractivity contribution in [3.63, 3.8) is 0 Å². The summed E-state index contributed by atoms with van der Waals surface area (Å²) < 4.78 is 37.9. The molecule has 2 amide bonds. The largest absolute Gasteiger partial charge is 0.416 e. The third-order valence-corrected chi connectivity index (χ3v) is 4.26. The van der Waals surface area contributed by atoms with Crippen LogP contribution in [0, 0.1) is 0 Å². The van der Waals surface area contributed by atoms with Gasteiger partial charge in [0.25, 0.3) is 0 Å². The predicted octanol–water partition coefficient (Wildman–Crippen LogP) is 2.60. The maximum absolute atomic E-state index is 12.6. The average Bonchev–Trinajstić information content (AvgIpc) is 2.37. The summed E-state index contributed by atoms with van der Waals surface area (Å²) in [4.78, 5) is 25.4. The number of anilines is 1. The van der Waals surface area contributed by atoms with Gasteiger partial charge in [0, 0.05) is 25.4 Å². The van der Waals surface area contributed by atoms with Gasteiger partial charge in [0.2, 0.25) is 11.8 Å². The first-order valence-electron chi connectivity index (χ1n) is 6.07. The number of hydrogen-bond donors (Lipinski definition) is 1. The number of carbonyl (C=O) groups is 2. The van der Waals surface area contributed by atoms with E-state index in [1.165, 1.54) is 11.0 Å². The van der Waals surface area contributed by atoms with Crippen molar-refractivity contribution < 1.29 is 22.8 Å². The van der Waals surface area contributed by atoms with Gasteiger partial charge in [0.05, 0.1) is 16.5 Å². The molecule has 21 heavy (non-hydrogen) atoms. The lowest BCUT2D eigenvalue weighted by Crippen LogP contribution is -2.34. The van der Waals surface area contributed by atoms with Crippen molar-refractivity contribution in [3.8, 4) is 0 Å². The second kappa shape index (κ2) is 5.59. The molecule has 1 aliphatic rings. The van der Waals surface area contributed by atoms with Crippen LogP contribution in [0.25, 0.3) is 0 Å². The summed E-state index contributed by atoms with van der Waals surface area (Å²) in [6.07, 6.45) is -4.45. The van der Waals surface area contributed by atoms with Crippen molar-refractivity contribution in [3.05, 3.63) is 23.8 Å². The van der Waals surface area contributed by atoms with Gasteiger partial charge >= 0.3 is 6.18 Å². The Morgan fingerprint density at radius 1 is 1.38 bits per heavy atom. The van der Waals surface area contributed by atoms with E-state index >= 15 is 0 Å². The van der Waals surface area contributed by atoms with E-state index in [-0.39, 0.29) is 18.0 Å². The molecule has 0 radical (unpaired) electrons. The smallest absolute Gasteiger partial charge is 0.349 e. The summed E-state index contributed by atoms with van der Waals surface area (Å²) in [5, 5.41) is 1.80. The lowest BCUT2D eigenvalue weighted by molar-refractivity contribution is -0.137. The zero-order chi connectivity index (χ0) is 15.8. The number of halogens is 3. The van der Waals surface area contributed by atoms with Crippen LogP contribution in [0.4, 0.5) is 18.9 Å². The minimum absolute atomic E-state index is 0.00393. The molecule has 2 rings (SSSR count). The number of amides is 2. The molecule has 1 aromatic rings. The molecule has 1 N–H and O–H groups in total. The molecule has 0 fully saturated rings. The molecule has 1 aliphatic heterocycles. The van der Waals surface area contributed by atoms with Crippen molar-refractivity contribution in [2.24, 2.45) is 0 Å². The van der Waals surface area contributed by atoms with Crippen molar-refractivity contribution in [2.75, 3.05) is 19.4 Å². The van der Waals surface area contributed by atoms with Crippen molar-refractivity contribution >= 4 is 29.3 Å². The molecule has 4 nitrogen and oxygen atoms in total. The molecule has 1 unspecified atom stereocenters. The Kier molecular flexibility index (Phi) is 4.18. The molecule has 0 saturated heterocycles. The Labute approximate surface area is 123 Å². The van der Waals surface area contributed by atoms with Gasteiger partial charge in [-0.3, -0.25) is 9.59 Å². The number of alkyl halides is 3. The van der Waals surface area contributed by atoms with E-state index in [2.05, 4.69) is 5.32 Å². The molecular formula is C13H13F3N2O2S. The van der Waals surface area contributed by atoms with Crippen molar-refractivity contribution in [1.29, 1.82) is 0 Å². The third kappa shape index (κ3) is 3.49.